The summed E-state index contributed by atoms with van der Waals surface area (Å²) in [5, 5.41) is 9.12. The molecule has 1 aliphatic rings. The summed E-state index contributed by atoms with van der Waals surface area (Å²) >= 11 is 0. The van der Waals surface area contributed by atoms with Crippen LogP contribution in [0, 0.1) is 11.8 Å². The number of ether oxygens (including phenoxy) is 2. The van der Waals surface area contributed by atoms with Crippen molar-refractivity contribution >= 4 is 0 Å². The first-order valence-electron chi connectivity index (χ1n) is 5.06. The maximum absolute atomic E-state index is 9.12. The highest BCUT2D eigenvalue weighted by molar-refractivity contribution is 4.64. The van der Waals surface area contributed by atoms with Crippen LogP contribution in [0.3, 0.4) is 0 Å². The summed E-state index contributed by atoms with van der Waals surface area (Å²) in [5.74, 6) is 0.946. The van der Waals surface area contributed by atoms with Gasteiger partial charge in [0.1, 0.15) is 0 Å². The number of aliphatic hydroxyl groups is 1. The van der Waals surface area contributed by atoms with Crippen LogP contribution in [0.5, 0.6) is 0 Å². The Balaban J connectivity index is 2.21. The Kier molecular flexibility index (Phi) is 4.70. The zero-order valence-corrected chi connectivity index (χ0v) is 8.53. The van der Waals surface area contributed by atoms with Gasteiger partial charge in [-0.1, -0.05) is 13.8 Å². The molecule has 1 fully saturated rings. The van der Waals surface area contributed by atoms with Crippen molar-refractivity contribution in [3.8, 4) is 0 Å². The Hall–Kier alpha value is -0.120. The van der Waals surface area contributed by atoms with E-state index in [9.17, 15) is 0 Å². The lowest BCUT2D eigenvalue weighted by Crippen LogP contribution is -2.18. The Morgan fingerprint density at radius 1 is 1.31 bits per heavy atom. The van der Waals surface area contributed by atoms with Gasteiger partial charge in [0, 0.05) is 13.0 Å². The second kappa shape index (κ2) is 5.58. The van der Waals surface area contributed by atoms with Gasteiger partial charge in [-0.2, -0.15) is 0 Å². The van der Waals surface area contributed by atoms with Crippen molar-refractivity contribution in [2.24, 2.45) is 11.8 Å². The Labute approximate surface area is 80.0 Å². The quantitative estimate of drug-likeness (QED) is 0.709. The van der Waals surface area contributed by atoms with E-state index in [1.54, 1.807) is 0 Å². The van der Waals surface area contributed by atoms with E-state index >= 15 is 0 Å². The van der Waals surface area contributed by atoms with Gasteiger partial charge in [0.2, 0.25) is 0 Å². The average Bonchev–Trinajstić information content (AvgIpc) is 2.55. The molecule has 0 unspecified atom stereocenters. The first-order valence-corrected chi connectivity index (χ1v) is 5.06. The summed E-state index contributed by atoms with van der Waals surface area (Å²) in [5.41, 5.74) is 0. The van der Waals surface area contributed by atoms with Crippen molar-refractivity contribution in [1.82, 2.24) is 0 Å². The molecule has 0 aromatic carbocycles. The highest BCUT2D eigenvalue weighted by atomic mass is 16.7. The van der Waals surface area contributed by atoms with E-state index in [2.05, 4.69) is 13.8 Å². The summed E-state index contributed by atoms with van der Waals surface area (Å²) in [4.78, 5) is 0. The van der Waals surface area contributed by atoms with Crippen LogP contribution in [0.4, 0.5) is 0 Å². The molecular weight excluding hydrogens is 168 g/mol. The van der Waals surface area contributed by atoms with Gasteiger partial charge in [-0.3, -0.25) is 0 Å². The van der Waals surface area contributed by atoms with Crippen LogP contribution in [0.15, 0.2) is 0 Å². The van der Waals surface area contributed by atoms with Crippen molar-refractivity contribution in [2.45, 2.75) is 33.0 Å². The molecule has 1 N–H and O–H groups in total. The predicted molar refractivity (Wildman–Crippen MR) is 50.3 cm³/mol. The van der Waals surface area contributed by atoms with Crippen LogP contribution in [0.1, 0.15) is 26.7 Å². The highest BCUT2D eigenvalue weighted by Gasteiger charge is 2.21. The molecule has 1 aliphatic heterocycles. The third-order valence-corrected chi connectivity index (χ3v) is 2.28. The number of hydrogen-bond donors (Lipinski definition) is 1. The summed E-state index contributed by atoms with van der Waals surface area (Å²) in [6.07, 6.45) is 1.80. The number of rotatable bonds is 5. The van der Waals surface area contributed by atoms with Crippen LogP contribution >= 0.6 is 0 Å². The van der Waals surface area contributed by atoms with Gasteiger partial charge in [-0.05, 0) is 18.3 Å². The largest absolute Gasteiger partial charge is 0.396 e. The van der Waals surface area contributed by atoms with Crippen LogP contribution in [-0.4, -0.2) is 31.2 Å². The lowest BCUT2D eigenvalue weighted by atomic mass is 9.95. The SMILES string of the molecule is CC(C)C[C@@H](CO)CC1OCCO1. The fourth-order valence-corrected chi connectivity index (χ4v) is 1.73. The maximum Gasteiger partial charge on any atom is 0.158 e. The van der Waals surface area contributed by atoms with E-state index < -0.39 is 0 Å². The van der Waals surface area contributed by atoms with E-state index in [0.29, 0.717) is 25.0 Å². The summed E-state index contributed by atoms with van der Waals surface area (Å²) in [6.45, 7) is 5.97. The molecule has 3 heteroatoms. The molecule has 13 heavy (non-hydrogen) atoms. The first kappa shape index (κ1) is 11.0. The minimum absolute atomic E-state index is 0.0732. The zero-order chi connectivity index (χ0) is 9.68. The molecule has 0 aliphatic carbocycles. The van der Waals surface area contributed by atoms with Gasteiger partial charge >= 0.3 is 0 Å². The van der Waals surface area contributed by atoms with Gasteiger partial charge in [0.05, 0.1) is 13.2 Å². The van der Waals surface area contributed by atoms with E-state index in [1.807, 2.05) is 0 Å². The van der Waals surface area contributed by atoms with E-state index in [4.69, 9.17) is 14.6 Å². The fraction of sp³-hybridized carbons (Fsp3) is 1.00. The Bertz CT molecular complexity index is 130. The molecule has 3 nitrogen and oxygen atoms in total. The van der Waals surface area contributed by atoms with Crippen LogP contribution in [0.2, 0.25) is 0 Å². The third kappa shape index (κ3) is 4.07. The minimum Gasteiger partial charge on any atom is -0.396 e. The van der Waals surface area contributed by atoms with Gasteiger partial charge in [0.25, 0.3) is 0 Å². The molecule has 0 saturated carbocycles. The fourth-order valence-electron chi connectivity index (χ4n) is 1.73. The number of aliphatic hydroxyl groups excluding tert-OH is 1. The van der Waals surface area contributed by atoms with Gasteiger partial charge in [-0.15, -0.1) is 0 Å². The molecule has 1 rings (SSSR count). The smallest absolute Gasteiger partial charge is 0.158 e. The Morgan fingerprint density at radius 3 is 2.38 bits per heavy atom. The van der Waals surface area contributed by atoms with Gasteiger partial charge in [-0.25, -0.2) is 0 Å². The average molecular weight is 188 g/mol. The van der Waals surface area contributed by atoms with E-state index in [0.717, 1.165) is 12.8 Å². The highest BCUT2D eigenvalue weighted by Crippen LogP contribution is 2.20. The minimum atomic E-state index is -0.0732. The molecule has 0 amide bonds. The lowest BCUT2D eigenvalue weighted by Gasteiger charge is -2.19. The standard InChI is InChI=1S/C10H20O3/c1-8(2)5-9(7-11)6-10-12-3-4-13-10/h8-11H,3-7H2,1-2H3/t9-/m1/s1. The van der Waals surface area contributed by atoms with Crippen molar-refractivity contribution in [3.05, 3.63) is 0 Å². The van der Waals surface area contributed by atoms with Gasteiger partial charge < -0.3 is 14.6 Å². The van der Waals surface area contributed by atoms with Crippen LogP contribution < -0.4 is 0 Å². The Morgan fingerprint density at radius 2 is 1.92 bits per heavy atom. The van der Waals surface area contributed by atoms with Crippen molar-refractivity contribution in [1.29, 1.82) is 0 Å². The molecule has 78 valence electrons. The molecular formula is C10H20O3. The molecule has 1 heterocycles. The van der Waals surface area contributed by atoms with Crippen molar-refractivity contribution in [3.63, 3.8) is 0 Å². The molecule has 0 aromatic rings. The topological polar surface area (TPSA) is 38.7 Å². The zero-order valence-electron chi connectivity index (χ0n) is 8.53. The van der Waals surface area contributed by atoms with Crippen LogP contribution in [0.25, 0.3) is 0 Å². The lowest BCUT2D eigenvalue weighted by molar-refractivity contribution is -0.0628. The monoisotopic (exact) mass is 188 g/mol. The first-order chi connectivity index (χ1) is 6.22. The molecule has 1 saturated heterocycles. The van der Waals surface area contributed by atoms with Crippen molar-refractivity contribution in [2.75, 3.05) is 19.8 Å². The second-order valence-corrected chi connectivity index (χ2v) is 4.08. The third-order valence-electron chi connectivity index (χ3n) is 2.28. The molecule has 0 spiro atoms. The summed E-state index contributed by atoms with van der Waals surface area (Å²) < 4.78 is 10.7. The van der Waals surface area contributed by atoms with E-state index in [1.165, 1.54) is 0 Å². The maximum atomic E-state index is 9.12. The molecule has 0 bridgehead atoms. The van der Waals surface area contributed by atoms with Gasteiger partial charge in [0.15, 0.2) is 6.29 Å². The molecule has 0 radical (unpaired) electrons. The predicted octanol–water partition coefficient (Wildman–Crippen LogP) is 1.40. The number of hydrogen-bond acceptors (Lipinski definition) is 3. The van der Waals surface area contributed by atoms with Crippen molar-refractivity contribution < 1.29 is 14.6 Å². The summed E-state index contributed by atoms with van der Waals surface area (Å²) in [7, 11) is 0. The second-order valence-electron chi connectivity index (χ2n) is 4.08. The van der Waals surface area contributed by atoms with E-state index in [-0.39, 0.29) is 12.9 Å². The van der Waals surface area contributed by atoms with Crippen LogP contribution in [-0.2, 0) is 9.47 Å². The molecule has 1 atom stereocenters. The molecule has 0 aromatic heterocycles. The normalized spacial score (nSPS) is 21.2. The summed E-state index contributed by atoms with van der Waals surface area (Å²) in [6, 6.07) is 0.